The zero-order valence-electron chi connectivity index (χ0n) is 14.0. The molecule has 6 heteroatoms. The van der Waals surface area contributed by atoms with Gasteiger partial charge in [-0.15, -0.1) is 0 Å². The second-order valence-electron chi connectivity index (χ2n) is 6.36. The van der Waals surface area contributed by atoms with Crippen LogP contribution in [0.4, 0.5) is 4.39 Å². The van der Waals surface area contributed by atoms with Crippen LogP contribution in [-0.4, -0.2) is 16.9 Å². The molecule has 1 amide bonds. The van der Waals surface area contributed by atoms with Gasteiger partial charge in [0.15, 0.2) is 0 Å². The first-order valence-corrected chi connectivity index (χ1v) is 8.51. The molecule has 1 aromatic heterocycles. The van der Waals surface area contributed by atoms with E-state index in [-0.39, 0.29) is 23.7 Å². The lowest BCUT2D eigenvalue weighted by Crippen LogP contribution is -2.31. The van der Waals surface area contributed by atoms with E-state index in [0.717, 1.165) is 24.8 Å². The van der Waals surface area contributed by atoms with Crippen molar-refractivity contribution in [1.29, 1.82) is 0 Å². The topological polar surface area (TPSA) is 77.2 Å². The highest BCUT2D eigenvalue weighted by Crippen LogP contribution is 2.27. The maximum atomic E-state index is 13.3. The number of benzene rings is 1. The number of halogens is 1. The number of rotatable bonds is 6. The minimum Gasteiger partial charge on any atom is -0.439 e. The van der Waals surface area contributed by atoms with Crippen LogP contribution < -0.4 is 15.8 Å². The maximum absolute atomic E-state index is 13.3. The standard InChI is InChI=1S/C19H22FN3O2/c20-15-6-2-7-16(11-15)25-19-14(5-3-9-22-19)12-23-18(24)10-13-4-1-8-17(13)21/h2-3,5-7,9,11,13,17H,1,4,8,10,12,21H2,(H,23,24)/t13-,17+/m0/s1. The Balaban J connectivity index is 1.60. The predicted molar refractivity (Wildman–Crippen MR) is 92.5 cm³/mol. The van der Waals surface area contributed by atoms with Crippen LogP contribution in [0.1, 0.15) is 31.2 Å². The predicted octanol–water partition coefficient (Wildman–Crippen LogP) is 3.15. The van der Waals surface area contributed by atoms with E-state index >= 15 is 0 Å². The van der Waals surface area contributed by atoms with E-state index in [9.17, 15) is 9.18 Å². The Hall–Kier alpha value is -2.47. The third-order valence-electron chi connectivity index (χ3n) is 4.50. The number of hydrogen-bond acceptors (Lipinski definition) is 4. The molecule has 2 atom stereocenters. The summed E-state index contributed by atoms with van der Waals surface area (Å²) < 4.78 is 18.9. The molecule has 1 aromatic carbocycles. The number of aromatic nitrogens is 1. The van der Waals surface area contributed by atoms with Crippen LogP contribution in [0, 0.1) is 11.7 Å². The molecule has 1 saturated carbocycles. The van der Waals surface area contributed by atoms with E-state index < -0.39 is 0 Å². The van der Waals surface area contributed by atoms with Crippen molar-refractivity contribution in [3.8, 4) is 11.6 Å². The zero-order valence-corrected chi connectivity index (χ0v) is 14.0. The number of ether oxygens (including phenoxy) is 1. The first-order valence-electron chi connectivity index (χ1n) is 8.51. The lowest BCUT2D eigenvalue weighted by Gasteiger charge is -2.15. The van der Waals surface area contributed by atoms with Crippen molar-refractivity contribution in [3.05, 3.63) is 54.0 Å². The van der Waals surface area contributed by atoms with Crippen molar-refractivity contribution in [2.45, 2.75) is 38.3 Å². The Labute approximate surface area is 146 Å². The van der Waals surface area contributed by atoms with Gasteiger partial charge in [-0.05, 0) is 37.0 Å². The number of nitrogens with one attached hydrogen (secondary N) is 1. The molecule has 0 spiro atoms. The van der Waals surface area contributed by atoms with Gasteiger partial charge in [-0.3, -0.25) is 4.79 Å². The summed E-state index contributed by atoms with van der Waals surface area (Å²) in [4.78, 5) is 16.3. The number of carbonyl (C=O) groups is 1. The highest BCUT2D eigenvalue weighted by Gasteiger charge is 2.25. The number of nitrogens with two attached hydrogens (primary N) is 1. The smallest absolute Gasteiger partial charge is 0.224 e. The summed E-state index contributed by atoms with van der Waals surface area (Å²) >= 11 is 0. The Bertz CT molecular complexity index is 738. The summed E-state index contributed by atoms with van der Waals surface area (Å²) in [5, 5.41) is 2.90. The van der Waals surface area contributed by atoms with Crippen LogP contribution in [0.5, 0.6) is 11.6 Å². The second-order valence-corrected chi connectivity index (χ2v) is 6.36. The van der Waals surface area contributed by atoms with Crippen LogP contribution in [-0.2, 0) is 11.3 Å². The van der Waals surface area contributed by atoms with Gasteiger partial charge in [0.25, 0.3) is 0 Å². The Morgan fingerprint density at radius 3 is 2.96 bits per heavy atom. The van der Waals surface area contributed by atoms with Gasteiger partial charge in [-0.2, -0.15) is 0 Å². The molecule has 0 radical (unpaired) electrons. The number of nitrogens with zero attached hydrogens (tertiary/aromatic N) is 1. The van der Waals surface area contributed by atoms with Crippen LogP contribution in [0.25, 0.3) is 0 Å². The summed E-state index contributed by atoms with van der Waals surface area (Å²) in [5.74, 6) is 0.574. The van der Waals surface area contributed by atoms with Gasteiger partial charge in [-0.25, -0.2) is 9.37 Å². The molecular weight excluding hydrogens is 321 g/mol. The molecule has 132 valence electrons. The summed E-state index contributed by atoms with van der Waals surface area (Å²) in [5.41, 5.74) is 6.75. The fraction of sp³-hybridized carbons (Fsp3) is 0.368. The first-order chi connectivity index (χ1) is 12.1. The summed E-state index contributed by atoms with van der Waals surface area (Å²) in [7, 11) is 0. The lowest BCUT2D eigenvalue weighted by atomic mass is 10.00. The highest BCUT2D eigenvalue weighted by atomic mass is 19.1. The molecule has 1 heterocycles. The minimum absolute atomic E-state index is 0.0251. The zero-order chi connectivity index (χ0) is 17.6. The Morgan fingerprint density at radius 1 is 1.32 bits per heavy atom. The maximum Gasteiger partial charge on any atom is 0.224 e. The number of amides is 1. The molecule has 3 rings (SSSR count). The molecule has 2 aromatic rings. The van der Waals surface area contributed by atoms with Crippen molar-refractivity contribution in [2.75, 3.05) is 0 Å². The number of carbonyl (C=O) groups excluding carboxylic acids is 1. The monoisotopic (exact) mass is 343 g/mol. The van der Waals surface area contributed by atoms with Gasteiger partial charge in [-0.1, -0.05) is 18.6 Å². The minimum atomic E-state index is -0.379. The van der Waals surface area contributed by atoms with Crippen LogP contribution in [0.2, 0.25) is 0 Å². The normalized spacial score (nSPS) is 19.6. The molecule has 1 aliphatic carbocycles. The van der Waals surface area contributed by atoms with Crippen molar-refractivity contribution in [1.82, 2.24) is 10.3 Å². The van der Waals surface area contributed by atoms with Gasteiger partial charge in [0.05, 0.1) is 0 Å². The van der Waals surface area contributed by atoms with Crippen molar-refractivity contribution >= 4 is 5.91 Å². The van der Waals surface area contributed by atoms with Gasteiger partial charge in [0.2, 0.25) is 11.8 Å². The Morgan fingerprint density at radius 2 is 2.20 bits per heavy atom. The third-order valence-corrected chi connectivity index (χ3v) is 4.50. The van der Waals surface area contributed by atoms with Crippen LogP contribution in [0.3, 0.4) is 0 Å². The molecular formula is C19H22FN3O2. The molecule has 0 unspecified atom stereocenters. The fourth-order valence-corrected chi connectivity index (χ4v) is 3.12. The van der Waals surface area contributed by atoms with Crippen LogP contribution >= 0.6 is 0 Å². The van der Waals surface area contributed by atoms with Gasteiger partial charge >= 0.3 is 0 Å². The van der Waals surface area contributed by atoms with E-state index in [2.05, 4.69) is 10.3 Å². The SMILES string of the molecule is N[C@@H]1CCC[C@H]1CC(=O)NCc1cccnc1Oc1cccc(F)c1. The molecule has 0 aliphatic heterocycles. The van der Waals surface area contributed by atoms with Gasteiger partial charge in [0.1, 0.15) is 11.6 Å². The average molecular weight is 343 g/mol. The van der Waals surface area contributed by atoms with Crippen molar-refractivity contribution < 1.29 is 13.9 Å². The van der Waals surface area contributed by atoms with Gasteiger partial charge in [0, 0.05) is 36.8 Å². The molecule has 25 heavy (non-hydrogen) atoms. The van der Waals surface area contributed by atoms with E-state index in [0.29, 0.717) is 24.6 Å². The first kappa shape index (κ1) is 17.4. The molecule has 5 nitrogen and oxygen atoms in total. The fourth-order valence-electron chi connectivity index (χ4n) is 3.12. The van der Waals surface area contributed by atoms with Crippen LogP contribution in [0.15, 0.2) is 42.6 Å². The highest BCUT2D eigenvalue weighted by molar-refractivity contribution is 5.76. The molecule has 3 N–H and O–H groups in total. The molecule has 1 aliphatic rings. The van der Waals surface area contributed by atoms with Crippen molar-refractivity contribution in [3.63, 3.8) is 0 Å². The lowest BCUT2D eigenvalue weighted by molar-refractivity contribution is -0.122. The third kappa shape index (κ3) is 4.76. The number of hydrogen-bond donors (Lipinski definition) is 2. The van der Waals surface area contributed by atoms with E-state index in [1.807, 2.05) is 6.07 Å². The summed E-state index contributed by atoms with van der Waals surface area (Å²) in [6.45, 7) is 0.305. The van der Waals surface area contributed by atoms with E-state index in [1.165, 1.54) is 12.1 Å². The largest absolute Gasteiger partial charge is 0.439 e. The molecule has 0 saturated heterocycles. The van der Waals surface area contributed by atoms with E-state index in [1.54, 1.807) is 24.4 Å². The average Bonchev–Trinajstić information content (AvgIpc) is 2.99. The van der Waals surface area contributed by atoms with E-state index in [4.69, 9.17) is 10.5 Å². The summed E-state index contributed by atoms with van der Waals surface area (Å²) in [6.07, 6.45) is 5.13. The second kappa shape index (κ2) is 8.07. The van der Waals surface area contributed by atoms with Gasteiger partial charge < -0.3 is 15.8 Å². The van der Waals surface area contributed by atoms with Crippen molar-refractivity contribution in [2.24, 2.45) is 11.7 Å². The number of pyridine rings is 1. The summed E-state index contributed by atoms with van der Waals surface area (Å²) in [6, 6.07) is 9.58. The molecule has 0 bridgehead atoms. The Kier molecular flexibility index (Phi) is 5.60. The molecule has 1 fully saturated rings. The quantitative estimate of drug-likeness (QED) is 0.845.